The van der Waals surface area contributed by atoms with Gasteiger partial charge in [0.15, 0.2) is 0 Å². The van der Waals surface area contributed by atoms with E-state index in [0.717, 1.165) is 12.8 Å². The van der Waals surface area contributed by atoms with Crippen LogP contribution >= 0.6 is 0 Å². The Kier molecular flexibility index (Phi) is 7.53. The number of hydrogen-bond acceptors (Lipinski definition) is 0. The van der Waals surface area contributed by atoms with Gasteiger partial charge < -0.3 is 0 Å². The summed E-state index contributed by atoms with van der Waals surface area (Å²) in [6, 6.07) is 61.5. The van der Waals surface area contributed by atoms with Gasteiger partial charge in [0.1, 0.15) is 0 Å². The minimum atomic E-state index is -2.51. The summed E-state index contributed by atoms with van der Waals surface area (Å²) < 4.78 is 8.40. The SMILES string of the molecule is C[Si]1(c2ccccc2)c2ccc(-c3ccccc3)cc2B2c3ccc(-n4c5c(c6ccccc64)CCC5)cc3[Se]c3cc(-n4c5c(c6ccccc64)CCCC5)cc1c32. The van der Waals surface area contributed by atoms with Crippen molar-refractivity contribution in [3.8, 4) is 22.5 Å². The molecular weight excluding hydrogens is 794 g/mol. The molecule has 0 saturated carbocycles. The van der Waals surface area contributed by atoms with Crippen molar-refractivity contribution >= 4 is 92.4 Å². The third-order valence-electron chi connectivity index (χ3n) is 14.5. The van der Waals surface area contributed by atoms with Gasteiger partial charge in [-0.05, 0) is 0 Å². The van der Waals surface area contributed by atoms with Crippen LogP contribution in [0.1, 0.15) is 41.8 Å². The first-order valence-electron chi connectivity index (χ1n) is 21.6. The summed E-state index contributed by atoms with van der Waals surface area (Å²) in [5.74, 6) is 0. The Labute approximate surface area is 353 Å². The van der Waals surface area contributed by atoms with Crippen LogP contribution in [0.4, 0.5) is 0 Å². The number of fused-ring (bicyclic) bond motifs is 10. The second-order valence-electron chi connectivity index (χ2n) is 17.4. The summed E-state index contributed by atoms with van der Waals surface area (Å²) in [4.78, 5) is 0. The predicted octanol–water partition coefficient (Wildman–Crippen LogP) is 6.51. The Bertz CT molecular complexity index is 3200. The van der Waals surface area contributed by atoms with Crippen LogP contribution in [0.5, 0.6) is 0 Å². The van der Waals surface area contributed by atoms with Crippen LogP contribution in [0.15, 0.2) is 158 Å². The zero-order valence-electron chi connectivity index (χ0n) is 33.3. The average Bonchev–Trinajstić information content (AvgIpc) is 3.99. The van der Waals surface area contributed by atoms with Crippen molar-refractivity contribution in [2.45, 2.75) is 51.5 Å². The van der Waals surface area contributed by atoms with E-state index in [1.807, 2.05) is 0 Å². The Morgan fingerprint density at radius 2 is 1.12 bits per heavy atom. The summed E-state index contributed by atoms with van der Waals surface area (Å²) in [7, 11) is -2.51. The zero-order valence-corrected chi connectivity index (χ0v) is 36.1. The molecular formula is C54H43BN2SeSi. The van der Waals surface area contributed by atoms with Gasteiger partial charge in [-0.3, -0.25) is 0 Å². The molecule has 4 aliphatic rings. The molecule has 1 unspecified atom stereocenters. The molecule has 2 nitrogen and oxygen atoms in total. The Morgan fingerprint density at radius 3 is 1.88 bits per heavy atom. The van der Waals surface area contributed by atoms with Crippen molar-refractivity contribution in [1.82, 2.24) is 9.13 Å². The quantitative estimate of drug-likeness (QED) is 0.179. The van der Waals surface area contributed by atoms with Crippen molar-refractivity contribution < 1.29 is 0 Å². The molecule has 0 amide bonds. The first-order valence-corrected chi connectivity index (χ1v) is 25.9. The molecule has 9 aromatic rings. The molecule has 0 bridgehead atoms. The van der Waals surface area contributed by atoms with Gasteiger partial charge in [0, 0.05) is 0 Å². The molecule has 13 rings (SSSR count). The fraction of sp³-hybridized carbons (Fsp3) is 0.148. The molecule has 7 aromatic carbocycles. The minimum absolute atomic E-state index is 0.123. The molecule has 0 radical (unpaired) electrons. The molecule has 4 heterocycles. The van der Waals surface area contributed by atoms with Crippen molar-refractivity contribution in [2.75, 3.05) is 0 Å². The van der Waals surface area contributed by atoms with Crippen LogP contribution in [0.2, 0.25) is 6.55 Å². The van der Waals surface area contributed by atoms with Crippen LogP contribution in [-0.4, -0.2) is 38.9 Å². The third kappa shape index (κ3) is 4.87. The topological polar surface area (TPSA) is 9.86 Å². The molecule has 1 atom stereocenters. The maximum absolute atomic E-state index is 2.70. The summed E-state index contributed by atoms with van der Waals surface area (Å²) in [6.45, 7) is 2.84. The number of aryl methyl sites for hydroxylation is 2. The summed E-state index contributed by atoms with van der Waals surface area (Å²) >= 11 is 0.123. The Balaban J connectivity index is 1.11. The Morgan fingerprint density at radius 1 is 0.492 bits per heavy atom. The van der Waals surface area contributed by atoms with Gasteiger partial charge in [-0.15, -0.1) is 0 Å². The number of benzene rings is 7. The van der Waals surface area contributed by atoms with E-state index < -0.39 is 8.07 Å². The van der Waals surface area contributed by atoms with Gasteiger partial charge in [0.05, 0.1) is 0 Å². The van der Waals surface area contributed by atoms with Gasteiger partial charge in [0.25, 0.3) is 0 Å². The Hall–Kier alpha value is -5.58. The summed E-state index contributed by atoms with van der Waals surface area (Å²) in [5, 5.41) is 7.54. The molecule has 0 N–H and O–H groups in total. The van der Waals surface area contributed by atoms with Gasteiger partial charge in [-0.2, -0.15) is 0 Å². The first kappa shape index (κ1) is 34.3. The van der Waals surface area contributed by atoms with E-state index in [-0.39, 0.29) is 21.7 Å². The van der Waals surface area contributed by atoms with E-state index in [4.69, 9.17) is 0 Å². The van der Waals surface area contributed by atoms with E-state index in [2.05, 4.69) is 173 Å². The molecule has 2 aliphatic carbocycles. The van der Waals surface area contributed by atoms with Crippen molar-refractivity contribution in [3.05, 3.63) is 180 Å². The van der Waals surface area contributed by atoms with Crippen LogP contribution in [0.3, 0.4) is 0 Å². The normalized spacial score (nSPS) is 17.4. The second kappa shape index (κ2) is 13.0. The molecule has 0 fully saturated rings. The maximum atomic E-state index is 2.70. The van der Waals surface area contributed by atoms with Gasteiger partial charge in [-0.1, -0.05) is 0 Å². The molecule has 0 saturated heterocycles. The summed E-state index contributed by atoms with van der Waals surface area (Å²) in [5.41, 5.74) is 18.8. The average molecular weight is 838 g/mol. The number of hydrogen-bond donors (Lipinski definition) is 0. The number of rotatable bonds is 4. The van der Waals surface area contributed by atoms with E-state index in [9.17, 15) is 0 Å². The van der Waals surface area contributed by atoms with Crippen LogP contribution in [0, 0.1) is 0 Å². The summed E-state index contributed by atoms with van der Waals surface area (Å²) in [6.07, 6.45) is 8.43. The number of aromatic nitrogens is 2. The van der Waals surface area contributed by atoms with Crippen molar-refractivity contribution in [3.63, 3.8) is 0 Å². The molecule has 59 heavy (non-hydrogen) atoms. The van der Waals surface area contributed by atoms with Gasteiger partial charge in [0.2, 0.25) is 0 Å². The second-order valence-corrected chi connectivity index (χ2v) is 23.6. The zero-order chi connectivity index (χ0) is 38.8. The van der Waals surface area contributed by atoms with E-state index >= 15 is 0 Å². The van der Waals surface area contributed by atoms with Gasteiger partial charge in [-0.25, -0.2) is 0 Å². The molecule has 0 spiro atoms. The fourth-order valence-electron chi connectivity index (χ4n) is 11.8. The number of para-hydroxylation sites is 2. The molecule has 282 valence electrons. The molecule has 5 heteroatoms. The molecule has 2 aromatic heterocycles. The van der Waals surface area contributed by atoms with Crippen LogP contribution in [-0.2, 0) is 25.7 Å². The first-order chi connectivity index (χ1) is 29.1. The van der Waals surface area contributed by atoms with Crippen LogP contribution < -0.4 is 40.9 Å². The van der Waals surface area contributed by atoms with Crippen LogP contribution in [0.25, 0.3) is 44.3 Å². The molecule has 2 aliphatic heterocycles. The number of nitrogens with zero attached hydrogens (tertiary/aromatic N) is 2. The van der Waals surface area contributed by atoms with E-state index in [0.29, 0.717) is 0 Å². The fourth-order valence-corrected chi connectivity index (χ4v) is 18.9. The van der Waals surface area contributed by atoms with Crippen molar-refractivity contribution in [1.29, 1.82) is 0 Å². The van der Waals surface area contributed by atoms with Crippen molar-refractivity contribution in [2.24, 2.45) is 0 Å². The van der Waals surface area contributed by atoms with Gasteiger partial charge >= 0.3 is 356 Å². The third-order valence-corrected chi connectivity index (χ3v) is 21.4. The van der Waals surface area contributed by atoms with E-state index in [1.165, 1.54) is 108 Å². The standard InChI is InChI=1S/C54H43BN2SeSi/c1-59(39-17-6-3-7-18-39)52-30-27-36(35-15-4-2-5-16-35)31-45(52)55-44-29-28-37(56-46-23-11-8-21-42(46)43-22-14-26-49(43)56)32-50(44)58-51-33-38(34-53(59)54(51)55)57-47-24-12-9-19-40(47)41-20-10-13-25-48(41)57/h2-9,11-12,15-19,21,23-24,27-34H,10,13-14,20,22,25-26H2,1H3. The monoisotopic (exact) mass is 838 g/mol. The van der Waals surface area contributed by atoms with E-state index in [1.54, 1.807) is 31.4 Å². The predicted molar refractivity (Wildman–Crippen MR) is 254 cm³/mol.